The summed E-state index contributed by atoms with van der Waals surface area (Å²) in [4.78, 5) is 30.9. The number of imide groups is 1. The number of urea groups is 1. The first-order valence-electron chi connectivity index (χ1n) is 9.64. The Labute approximate surface area is 164 Å². The van der Waals surface area contributed by atoms with Crippen molar-refractivity contribution in [1.82, 2.24) is 9.80 Å². The van der Waals surface area contributed by atoms with E-state index < -0.39 is 6.04 Å². The minimum absolute atomic E-state index is 0.185. The molecule has 1 heterocycles. The average Bonchev–Trinajstić information content (AvgIpc) is 3.50. The van der Waals surface area contributed by atoms with Crippen LogP contribution in [0.3, 0.4) is 0 Å². The van der Waals surface area contributed by atoms with Gasteiger partial charge < -0.3 is 0 Å². The Bertz CT molecular complexity index is 878. The van der Waals surface area contributed by atoms with Crippen molar-refractivity contribution >= 4 is 17.6 Å². The van der Waals surface area contributed by atoms with Gasteiger partial charge in [0.2, 0.25) is 0 Å². The molecule has 0 N–H and O–H groups in total. The minimum Gasteiger partial charge on any atom is -0.282 e. The van der Waals surface area contributed by atoms with Crippen molar-refractivity contribution in [1.29, 1.82) is 0 Å². The maximum absolute atomic E-state index is 13.2. The quantitative estimate of drug-likeness (QED) is 0.713. The largest absolute Gasteiger partial charge is 0.333 e. The first-order chi connectivity index (χ1) is 13.4. The number of benzene rings is 2. The lowest BCUT2D eigenvalue weighted by Crippen LogP contribution is -2.43. The summed E-state index contributed by atoms with van der Waals surface area (Å²) in [6.07, 6.45) is 2.10. The Morgan fingerprint density at radius 3 is 2.29 bits per heavy atom. The number of aryl methyl sites for hydroxylation is 1. The molecule has 2 aromatic carbocycles. The molecule has 3 amide bonds. The molecule has 1 aliphatic carbocycles. The molecule has 0 bridgehead atoms. The smallest absolute Gasteiger partial charge is 0.282 e. The maximum Gasteiger partial charge on any atom is 0.333 e. The Kier molecular flexibility index (Phi) is 4.89. The van der Waals surface area contributed by atoms with E-state index in [-0.39, 0.29) is 24.4 Å². The monoisotopic (exact) mass is 381 g/mol. The van der Waals surface area contributed by atoms with E-state index in [4.69, 9.17) is 0 Å². The third-order valence-corrected chi connectivity index (χ3v) is 5.45. The van der Waals surface area contributed by atoms with Gasteiger partial charge in [-0.2, -0.15) is 0 Å². The highest BCUT2D eigenvalue weighted by Crippen LogP contribution is 2.31. The molecule has 1 saturated carbocycles. The van der Waals surface area contributed by atoms with Gasteiger partial charge in [-0.25, -0.2) is 14.1 Å². The standard InChI is InChI=1S/C22H24FN3O2/c1-15-3-9-20(10-4-15)26-16(2)21(27)25(22(26)28)14-24(19-11-12-19)13-17-5-7-18(23)8-6-17/h3-10,16,19H,11-14H2,1-2H3/t16-/m1/s1. The van der Waals surface area contributed by atoms with Gasteiger partial charge in [-0.15, -0.1) is 0 Å². The van der Waals surface area contributed by atoms with Crippen molar-refractivity contribution in [2.24, 2.45) is 0 Å². The van der Waals surface area contributed by atoms with Crippen LogP contribution in [-0.4, -0.2) is 40.5 Å². The first-order valence-corrected chi connectivity index (χ1v) is 9.64. The van der Waals surface area contributed by atoms with Gasteiger partial charge in [0, 0.05) is 18.3 Å². The summed E-state index contributed by atoms with van der Waals surface area (Å²) in [6.45, 7) is 4.59. The van der Waals surface area contributed by atoms with E-state index in [1.165, 1.54) is 17.0 Å². The summed E-state index contributed by atoms with van der Waals surface area (Å²) < 4.78 is 13.2. The second kappa shape index (κ2) is 7.36. The van der Waals surface area contributed by atoms with Crippen molar-refractivity contribution in [3.05, 3.63) is 65.5 Å². The fraction of sp³-hybridized carbons (Fsp3) is 0.364. The molecule has 2 fully saturated rings. The highest BCUT2D eigenvalue weighted by molar-refractivity contribution is 6.14. The molecule has 4 rings (SSSR count). The zero-order valence-electron chi connectivity index (χ0n) is 16.1. The third kappa shape index (κ3) is 3.64. The molecule has 1 atom stereocenters. The Morgan fingerprint density at radius 1 is 1.04 bits per heavy atom. The highest BCUT2D eigenvalue weighted by atomic mass is 19.1. The topological polar surface area (TPSA) is 43.9 Å². The van der Waals surface area contributed by atoms with E-state index in [1.54, 1.807) is 24.0 Å². The summed E-state index contributed by atoms with van der Waals surface area (Å²) in [5.74, 6) is -0.454. The van der Waals surface area contributed by atoms with Gasteiger partial charge in [0.05, 0.1) is 6.67 Å². The summed E-state index contributed by atoms with van der Waals surface area (Å²) in [5.41, 5.74) is 2.80. The number of hydrogen-bond acceptors (Lipinski definition) is 3. The van der Waals surface area contributed by atoms with Crippen LogP contribution in [0.4, 0.5) is 14.9 Å². The normalized spacial score (nSPS) is 19.8. The van der Waals surface area contributed by atoms with Crippen molar-refractivity contribution in [3.63, 3.8) is 0 Å². The molecule has 1 saturated heterocycles. The van der Waals surface area contributed by atoms with Crippen molar-refractivity contribution in [3.8, 4) is 0 Å². The summed E-state index contributed by atoms with van der Waals surface area (Å²) in [5, 5.41) is 0. The molecular weight excluding hydrogens is 357 g/mol. The zero-order chi connectivity index (χ0) is 19.8. The number of hydrogen-bond donors (Lipinski definition) is 0. The molecule has 0 unspecified atom stereocenters. The number of carbonyl (C=O) groups excluding carboxylic acids is 2. The molecule has 2 aliphatic rings. The molecule has 6 heteroatoms. The molecular formula is C22H24FN3O2. The van der Waals surface area contributed by atoms with Crippen LogP contribution in [-0.2, 0) is 11.3 Å². The molecule has 0 aromatic heterocycles. The van der Waals surface area contributed by atoms with E-state index >= 15 is 0 Å². The van der Waals surface area contributed by atoms with Gasteiger partial charge in [0.25, 0.3) is 5.91 Å². The van der Waals surface area contributed by atoms with E-state index in [1.807, 2.05) is 31.2 Å². The lowest BCUT2D eigenvalue weighted by atomic mass is 10.2. The second-order valence-corrected chi connectivity index (χ2v) is 7.68. The van der Waals surface area contributed by atoms with Gasteiger partial charge in [0.15, 0.2) is 0 Å². The molecule has 146 valence electrons. The Balaban J connectivity index is 1.52. The summed E-state index contributed by atoms with van der Waals surface area (Å²) >= 11 is 0. The minimum atomic E-state index is -0.526. The van der Waals surface area contributed by atoms with Crippen LogP contribution in [0.25, 0.3) is 0 Å². The van der Waals surface area contributed by atoms with Gasteiger partial charge in [-0.05, 0) is 56.5 Å². The zero-order valence-corrected chi connectivity index (χ0v) is 16.1. The van der Waals surface area contributed by atoms with Crippen LogP contribution in [0.1, 0.15) is 30.9 Å². The molecule has 2 aromatic rings. The molecule has 5 nitrogen and oxygen atoms in total. The third-order valence-electron chi connectivity index (χ3n) is 5.45. The van der Waals surface area contributed by atoms with Crippen molar-refractivity contribution in [2.45, 2.75) is 45.3 Å². The van der Waals surface area contributed by atoms with Gasteiger partial charge in [-0.1, -0.05) is 29.8 Å². The van der Waals surface area contributed by atoms with Gasteiger partial charge in [0.1, 0.15) is 11.9 Å². The number of halogens is 1. The van der Waals surface area contributed by atoms with Crippen LogP contribution >= 0.6 is 0 Å². The van der Waals surface area contributed by atoms with E-state index in [0.29, 0.717) is 12.6 Å². The maximum atomic E-state index is 13.2. The van der Waals surface area contributed by atoms with Crippen molar-refractivity contribution < 1.29 is 14.0 Å². The average molecular weight is 381 g/mol. The lowest BCUT2D eigenvalue weighted by molar-refractivity contribution is -0.128. The van der Waals surface area contributed by atoms with Crippen LogP contribution < -0.4 is 4.90 Å². The van der Waals surface area contributed by atoms with E-state index in [0.717, 1.165) is 29.7 Å². The fourth-order valence-corrected chi connectivity index (χ4v) is 3.64. The summed E-state index contributed by atoms with van der Waals surface area (Å²) in [7, 11) is 0. The molecule has 28 heavy (non-hydrogen) atoms. The van der Waals surface area contributed by atoms with Gasteiger partial charge >= 0.3 is 6.03 Å². The first kappa shape index (κ1) is 18.6. The number of carbonyl (C=O) groups is 2. The van der Waals surface area contributed by atoms with Gasteiger partial charge in [-0.3, -0.25) is 14.6 Å². The SMILES string of the molecule is Cc1ccc(N2C(=O)N(CN(Cc3ccc(F)cc3)C3CC3)C(=O)[C@H]2C)cc1. The molecule has 0 spiro atoms. The van der Waals surface area contributed by atoms with Crippen LogP contribution in [0.15, 0.2) is 48.5 Å². The predicted molar refractivity (Wildman–Crippen MR) is 105 cm³/mol. The number of nitrogens with zero attached hydrogens (tertiary/aromatic N) is 3. The number of anilines is 1. The fourth-order valence-electron chi connectivity index (χ4n) is 3.64. The van der Waals surface area contributed by atoms with Crippen LogP contribution in [0, 0.1) is 12.7 Å². The Hall–Kier alpha value is -2.73. The van der Waals surface area contributed by atoms with E-state index in [9.17, 15) is 14.0 Å². The molecule has 1 aliphatic heterocycles. The summed E-state index contributed by atoms with van der Waals surface area (Å²) in [6, 6.07) is 13.5. The second-order valence-electron chi connectivity index (χ2n) is 7.68. The lowest BCUT2D eigenvalue weighted by Gasteiger charge is -2.27. The van der Waals surface area contributed by atoms with Crippen LogP contribution in [0.2, 0.25) is 0 Å². The van der Waals surface area contributed by atoms with E-state index in [2.05, 4.69) is 4.90 Å². The Morgan fingerprint density at radius 2 is 1.68 bits per heavy atom. The number of amides is 3. The number of rotatable bonds is 6. The van der Waals surface area contributed by atoms with Crippen LogP contribution in [0.5, 0.6) is 0 Å². The predicted octanol–water partition coefficient (Wildman–Crippen LogP) is 3.91. The van der Waals surface area contributed by atoms with Crippen molar-refractivity contribution in [2.75, 3.05) is 11.6 Å². The highest BCUT2D eigenvalue weighted by Gasteiger charge is 2.45. The molecule has 0 radical (unpaired) electrons.